The first-order chi connectivity index (χ1) is 12.2. The lowest BCUT2D eigenvalue weighted by Gasteiger charge is -2.15. The van der Waals surface area contributed by atoms with Crippen molar-refractivity contribution in [1.82, 2.24) is 10.3 Å². The lowest BCUT2D eigenvalue weighted by Crippen LogP contribution is -2.19. The van der Waals surface area contributed by atoms with Gasteiger partial charge in [-0.05, 0) is 43.2 Å². The van der Waals surface area contributed by atoms with E-state index in [-0.39, 0.29) is 6.04 Å². The number of nitrogens with one attached hydrogen (secondary N) is 1. The Morgan fingerprint density at radius 3 is 2.88 bits per heavy atom. The van der Waals surface area contributed by atoms with E-state index < -0.39 is 0 Å². The van der Waals surface area contributed by atoms with E-state index >= 15 is 0 Å². The van der Waals surface area contributed by atoms with Gasteiger partial charge in [0.25, 0.3) is 0 Å². The second kappa shape index (κ2) is 6.86. The molecule has 0 saturated carbocycles. The molecule has 4 rings (SSSR count). The molecule has 1 unspecified atom stereocenters. The van der Waals surface area contributed by atoms with Gasteiger partial charge in [-0.3, -0.25) is 0 Å². The van der Waals surface area contributed by atoms with Crippen LogP contribution in [0.2, 0.25) is 0 Å². The van der Waals surface area contributed by atoms with Gasteiger partial charge in [0, 0.05) is 23.5 Å². The number of hydrogen-bond acceptors (Lipinski definition) is 5. The highest BCUT2D eigenvalue weighted by Crippen LogP contribution is 2.36. The maximum atomic E-state index is 5.45. The Morgan fingerprint density at radius 1 is 1.16 bits per heavy atom. The van der Waals surface area contributed by atoms with Crippen molar-refractivity contribution >= 4 is 11.3 Å². The predicted molar refractivity (Wildman–Crippen MR) is 100 cm³/mol. The average molecular weight is 352 g/mol. The topological polar surface area (TPSA) is 43.4 Å². The molecule has 0 fully saturated rings. The van der Waals surface area contributed by atoms with E-state index in [0.29, 0.717) is 6.79 Å². The van der Waals surface area contributed by atoms with Crippen molar-refractivity contribution in [2.45, 2.75) is 26.4 Å². The summed E-state index contributed by atoms with van der Waals surface area (Å²) < 4.78 is 10.8. The van der Waals surface area contributed by atoms with Crippen LogP contribution in [0.25, 0.3) is 10.6 Å². The SMILES string of the molecule is Cc1ccccc1C(C)NCc1csc(-c2ccc3c(c2)OCO3)n1. The van der Waals surface area contributed by atoms with Crippen molar-refractivity contribution in [2.24, 2.45) is 0 Å². The number of thiazole rings is 1. The van der Waals surface area contributed by atoms with Crippen LogP contribution in [-0.4, -0.2) is 11.8 Å². The molecule has 0 amide bonds. The first-order valence-electron chi connectivity index (χ1n) is 8.34. The van der Waals surface area contributed by atoms with Crippen LogP contribution in [0.3, 0.4) is 0 Å². The van der Waals surface area contributed by atoms with Gasteiger partial charge in [0.1, 0.15) is 5.01 Å². The summed E-state index contributed by atoms with van der Waals surface area (Å²) >= 11 is 1.65. The molecule has 0 saturated heterocycles. The minimum Gasteiger partial charge on any atom is -0.454 e. The summed E-state index contributed by atoms with van der Waals surface area (Å²) in [4.78, 5) is 4.75. The second-order valence-electron chi connectivity index (χ2n) is 6.17. The van der Waals surface area contributed by atoms with Gasteiger partial charge in [-0.2, -0.15) is 0 Å². The number of ether oxygens (including phenoxy) is 2. The van der Waals surface area contributed by atoms with E-state index in [0.717, 1.165) is 34.3 Å². The molecule has 2 heterocycles. The van der Waals surface area contributed by atoms with E-state index in [1.807, 2.05) is 18.2 Å². The Balaban J connectivity index is 1.44. The van der Waals surface area contributed by atoms with E-state index in [9.17, 15) is 0 Å². The Morgan fingerprint density at radius 2 is 2.00 bits per heavy atom. The van der Waals surface area contributed by atoms with Gasteiger partial charge in [-0.15, -0.1) is 11.3 Å². The van der Waals surface area contributed by atoms with Crippen LogP contribution in [0.5, 0.6) is 11.5 Å². The summed E-state index contributed by atoms with van der Waals surface area (Å²) in [5.74, 6) is 1.59. The normalized spacial score (nSPS) is 13.8. The minimum absolute atomic E-state index is 0.289. The number of fused-ring (bicyclic) bond motifs is 1. The molecule has 5 heteroatoms. The largest absolute Gasteiger partial charge is 0.454 e. The van der Waals surface area contributed by atoms with Crippen LogP contribution in [0.4, 0.5) is 0 Å². The molecule has 1 aromatic heterocycles. The zero-order valence-corrected chi connectivity index (χ0v) is 15.1. The monoisotopic (exact) mass is 352 g/mol. The van der Waals surface area contributed by atoms with Crippen molar-refractivity contribution in [3.63, 3.8) is 0 Å². The summed E-state index contributed by atoms with van der Waals surface area (Å²) in [5, 5.41) is 6.67. The van der Waals surface area contributed by atoms with E-state index in [1.165, 1.54) is 11.1 Å². The van der Waals surface area contributed by atoms with Crippen LogP contribution in [0, 0.1) is 6.92 Å². The minimum atomic E-state index is 0.289. The van der Waals surface area contributed by atoms with Gasteiger partial charge >= 0.3 is 0 Å². The van der Waals surface area contributed by atoms with Gasteiger partial charge in [-0.25, -0.2) is 4.98 Å². The summed E-state index contributed by atoms with van der Waals surface area (Å²) in [6.45, 7) is 5.38. The van der Waals surface area contributed by atoms with Gasteiger partial charge in [-0.1, -0.05) is 24.3 Å². The molecule has 1 aliphatic heterocycles. The molecule has 1 atom stereocenters. The maximum absolute atomic E-state index is 5.45. The third kappa shape index (κ3) is 3.38. The van der Waals surface area contributed by atoms with Crippen LogP contribution in [-0.2, 0) is 6.54 Å². The van der Waals surface area contributed by atoms with Crippen LogP contribution >= 0.6 is 11.3 Å². The van der Waals surface area contributed by atoms with Gasteiger partial charge < -0.3 is 14.8 Å². The quantitative estimate of drug-likeness (QED) is 0.723. The lowest BCUT2D eigenvalue weighted by molar-refractivity contribution is 0.174. The molecule has 0 bridgehead atoms. The van der Waals surface area contributed by atoms with Crippen molar-refractivity contribution in [2.75, 3.05) is 6.79 Å². The van der Waals surface area contributed by atoms with Crippen LogP contribution in [0.15, 0.2) is 47.8 Å². The van der Waals surface area contributed by atoms with Crippen molar-refractivity contribution in [1.29, 1.82) is 0 Å². The second-order valence-corrected chi connectivity index (χ2v) is 7.03. The number of aryl methyl sites for hydroxylation is 1. The summed E-state index contributed by atoms with van der Waals surface area (Å²) in [5.41, 5.74) is 4.75. The molecule has 25 heavy (non-hydrogen) atoms. The van der Waals surface area contributed by atoms with E-state index in [4.69, 9.17) is 14.5 Å². The van der Waals surface area contributed by atoms with Crippen molar-refractivity contribution in [3.8, 4) is 22.1 Å². The summed E-state index contributed by atoms with van der Waals surface area (Å²) in [6, 6.07) is 14.7. The molecule has 1 N–H and O–H groups in total. The molecule has 2 aromatic carbocycles. The summed E-state index contributed by atoms with van der Waals surface area (Å²) in [7, 11) is 0. The van der Waals surface area contributed by atoms with Crippen LogP contribution < -0.4 is 14.8 Å². The molecule has 0 radical (unpaired) electrons. The van der Waals surface area contributed by atoms with Gasteiger partial charge in [0.2, 0.25) is 6.79 Å². The highest BCUT2D eigenvalue weighted by atomic mass is 32.1. The Kier molecular flexibility index (Phi) is 4.42. The first kappa shape index (κ1) is 16.1. The Labute approximate surface area is 151 Å². The Hall–Kier alpha value is -2.37. The van der Waals surface area contributed by atoms with Crippen molar-refractivity contribution in [3.05, 3.63) is 64.7 Å². The molecule has 0 aliphatic carbocycles. The van der Waals surface area contributed by atoms with Gasteiger partial charge in [0.15, 0.2) is 11.5 Å². The standard InChI is InChI=1S/C20H20N2O2S/c1-13-5-3-4-6-17(13)14(2)21-10-16-11-25-20(22-16)15-7-8-18-19(9-15)24-12-23-18/h3-9,11,14,21H,10,12H2,1-2H3. The fourth-order valence-corrected chi connectivity index (χ4v) is 3.81. The zero-order valence-electron chi connectivity index (χ0n) is 14.3. The number of nitrogens with zero attached hydrogens (tertiary/aromatic N) is 1. The van der Waals surface area contributed by atoms with E-state index in [2.05, 4.69) is 48.8 Å². The molecule has 1 aliphatic rings. The fourth-order valence-electron chi connectivity index (χ4n) is 2.99. The number of hydrogen-bond donors (Lipinski definition) is 1. The predicted octanol–water partition coefficient (Wildman–Crippen LogP) is 4.70. The molecule has 128 valence electrons. The molecule has 0 spiro atoms. The first-order valence-corrected chi connectivity index (χ1v) is 9.22. The fraction of sp³-hybridized carbons (Fsp3) is 0.250. The number of rotatable bonds is 5. The smallest absolute Gasteiger partial charge is 0.231 e. The highest BCUT2D eigenvalue weighted by Gasteiger charge is 2.15. The molecule has 3 aromatic rings. The Bertz CT molecular complexity index is 891. The summed E-state index contributed by atoms with van der Waals surface area (Å²) in [6.07, 6.45) is 0. The van der Waals surface area contributed by atoms with E-state index in [1.54, 1.807) is 11.3 Å². The molecule has 4 nitrogen and oxygen atoms in total. The molecular weight excluding hydrogens is 332 g/mol. The van der Waals surface area contributed by atoms with Gasteiger partial charge in [0.05, 0.1) is 5.69 Å². The number of benzene rings is 2. The number of aromatic nitrogens is 1. The van der Waals surface area contributed by atoms with Crippen LogP contribution in [0.1, 0.15) is 29.8 Å². The van der Waals surface area contributed by atoms with Crippen molar-refractivity contribution < 1.29 is 9.47 Å². The third-order valence-electron chi connectivity index (χ3n) is 4.42. The zero-order chi connectivity index (χ0) is 17.2. The molecular formula is C20H20N2O2S. The average Bonchev–Trinajstić information content (AvgIpc) is 3.28. The highest BCUT2D eigenvalue weighted by molar-refractivity contribution is 7.13. The lowest BCUT2D eigenvalue weighted by atomic mass is 10.0. The maximum Gasteiger partial charge on any atom is 0.231 e. The third-order valence-corrected chi connectivity index (χ3v) is 5.36.